The fourth-order valence-electron chi connectivity index (χ4n) is 6.70. The molecule has 0 spiro atoms. The first-order valence-corrected chi connectivity index (χ1v) is 15.5. The highest BCUT2D eigenvalue weighted by molar-refractivity contribution is 6.11. The van der Waals surface area contributed by atoms with Gasteiger partial charge in [-0.25, -0.2) is 9.83 Å². The number of rotatable bonds is 4. The molecule has 0 amide bonds. The van der Waals surface area contributed by atoms with Gasteiger partial charge in [0.1, 0.15) is 0 Å². The molecule has 48 heavy (non-hydrogen) atoms. The zero-order valence-electron chi connectivity index (χ0n) is 25.4. The summed E-state index contributed by atoms with van der Waals surface area (Å²) in [5.74, 6) is 1.49. The van der Waals surface area contributed by atoms with Crippen LogP contribution in [-0.2, 0) is 0 Å². The first kappa shape index (κ1) is 27.2. The predicted octanol–water partition coefficient (Wildman–Crippen LogP) is 9.82. The lowest BCUT2D eigenvalue weighted by Gasteiger charge is -2.15. The maximum absolute atomic E-state index is 9.80. The highest BCUT2D eigenvalue weighted by Gasteiger charge is 2.21. The number of hydrogen-bond donors (Lipinski definition) is 0. The van der Waals surface area contributed by atoms with Crippen molar-refractivity contribution in [3.63, 3.8) is 0 Å². The smallest absolute Gasteiger partial charge is 0.238 e. The molecule has 7 nitrogen and oxygen atoms in total. The topological polar surface area (TPSA) is 76.7 Å². The lowest BCUT2D eigenvalue weighted by atomic mass is 10.1. The zero-order valence-corrected chi connectivity index (χ0v) is 25.4. The third kappa shape index (κ3) is 4.16. The maximum Gasteiger partial charge on any atom is 0.238 e. The normalized spacial score (nSPS) is 11.3. The SMILES string of the molecule is [C-]#[N+]c1ccc2c3ccccc3n(-c3nc(-c4ccccc4)nc(-c4ccccc4-n4c5ccccc5c5ccc(C#N)cc54)n3)c2c1. The number of hydrogen-bond acceptors (Lipinski definition) is 4. The molecule has 222 valence electrons. The Morgan fingerprint density at radius 1 is 0.542 bits per heavy atom. The van der Waals surface area contributed by atoms with E-state index in [1.165, 1.54) is 0 Å². The van der Waals surface area contributed by atoms with Crippen molar-refractivity contribution in [3.05, 3.63) is 157 Å². The molecule has 0 radical (unpaired) electrons. The molecule has 3 aromatic heterocycles. The summed E-state index contributed by atoms with van der Waals surface area (Å²) >= 11 is 0. The van der Waals surface area contributed by atoms with Crippen LogP contribution in [0.3, 0.4) is 0 Å². The Labute approximate surface area is 275 Å². The minimum absolute atomic E-state index is 0.455. The third-order valence-corrected chi connectivity index (χ3v) is 8.83. The van der Waals surface area contributed by atoms with Crippen molar-refractivity contribution in [2.45, 2.75) is 0 Å². The molecule has 0 unspecified atom stereocenters. The van der Waals surface area contributed by atoms with E-state index in [9.17, 15) is 5.26 Å². The molecule has 0 aliphatic heterocycles. The van der Waals surface area contributed by atoms with E-state index in [0.29, 0.717) is 28.8 Å². The van der Waals surface area contributed by atoms with Gasteiger partial charge in [0, 0.05) is 38.2 Å². The van der Waals surface area contributed by atoms with Gasteiger partial charge >= 0.3 is 0 Å². The lowest BCUT2D eigenvalue weighted by molar-refractivity contribution is 0.952. The minimum Gasteiger partial charge on any atom is -0.308 e. The van der Waals surface area contributed by atoms with Crippen molar-refractivity contribution in [1.29, 1.82) is 5.26 Å². The Morgan fingerprint density at radius 2 is 1.15 bits per heavy atom. The van der Waals surface area contributed by atoms with Crippen molar-refractivity contribution in [2.75, 3.05) is 0 Å². The molecule has 0 aliphatic carbocycles. The summed E-state index contributed by atoms with van der Waals surface area (Å²) in [7, 11) is 0. The molecule has 0 saturated carbocycles. The summed E-state index contributed by atoms with van der Waals surface area (Å²) in [6.45, 7) is 7.71. The number of benzene rings is 6. The molecule has 0 N–H and O–H groups in total. The van der Waals surface area contributed by atoms with Gasteiger partial charge in [-0.1, -0.05) is 97.1 Å². The van der Waals surface area contributed by atoms with E-state index in [1.54, 1.807) is 0 Å². The summed E-state index contributed by atoms with van der Waals surface area (Å²) in [6, 6.07) is 48.3. The summed E-state index contributed by atoms with van der Waals surface area (Å²) in [5.41, 5.74) is 7.40. The van der Waals surface area contributed by atoms with Gasteiger partial charge in [0.15, 0.2) is 17.3 Å². The quantitative estimate of drug-likeness (QED) is 0.185. The van der Waals surface area contributed by atoms with E-state index in [1.807, 2.05) is 114 Å². The lowest BCUT2D eigenvalue weighted by Crippen LogP contribution is -2.07. The van der Waals surface area contributed by atoms with Gasteiger partial charge in [-0.05, 0) is 42.5 Å². The average Bonchev–Trinajstić information content (AvgIpc) is 3.67. The van der Waals surface area contributed by atoms with Crippen LogP contribution < -0.4 is 0 Å². The molecular weight excluding hydrogens is 591 g/mol. The first-order chi connectivity index (χ1) is 23.7. The van der Waals surface area contributed by atoms with Crippen molar-refractivity contribution in [2.24, 2.45) is 0 Å². The van der Waals surface area contributed by atoms with Crippen molar-refractivity contribution < 1.29 is 0 Å². The van der Waals surface area contributed by atoms with Crippen molar-refractivity contribution in [3.8, 4) is 40.5 Å². The molecule has 9 rings (SSSR count). The number of nitriles is 1. The van der Waals surface area contributed by atoms with Gasteiger partial charge in [0.2, 0.25) is 5.95 Å². The molecular formula is C41H23N7. The summed E-state index contributed by atoms with van der Waals surface area (Å²) in [4.78, 5) is 19.1. The highest BCUT2D eigenvalue weighted by atomic mass is 15.2. The fourth-order valence-corrected chi connectivity index (χ4v) is 6.70. The standard InChI is InChI=1S/C41H23N7/c1-43-28-20-22-32-30-14-6-9-17-35(30)48(38(32)24-28)41-45-39(27-11-3-2-4-12-27)44-40(46-41)33-15-7-10-18-36(33)47-34-16-8-5-13-29(34)31-21-19-26(25-42)23-37(31)47/h2-24H. The van der Waals surface area contributed by atoms with Crippen LogP contribution in [0.15, 0.2) is 140 Å². The number of fused-ring (bicyclic) bond motifs is 6. The summed E-state index contributed by atoms with van der Waals surface area (Å²) in [5, 5.41) is 14.0. The van der Waals surface area contributed by atoms with E-state index in [4.69, 9.17) is 21.5 Å². The molecule has 0 fully saturated rings. The predicted molar refractivity (Wildman–Crippen MR) is 190 cm³/mol. The largest absolute Gasteiger partial charge is 0.308 e. The molecule has 0 atom stereocenters. The van der Waals surface area contributed by atoms with Crippen molar-refractivity contribution >= 4 is 49.3 Å². The van der Waals surface area contributed by atoms with Gasteiger partial charge in [-0.15, -0.1) is 0 Å². The molecule has 7 heteroatoms. The molecule has 3 heterocycles. The van der Waals surface area contributed by atoms with Crippen LogP contribution >= 0.6 is 0 Å². The van der Waals surface area contributed by atoms with E-state index in [0.717, 1.165) is 60.4 Å². The monoisotopic (exact) mass is 613 g/mol. The van der Waals surface area contributed by atoms with E-state index < -0.39 is 0 Å². The van der Waals surface area contributed by atoms with Crippen LogP contribution in [-0.4, -0.2) is 24.1 Å². The van der Waals surface area contributed by atoms with Crippen LogP contribution in [0, 0.1) is 17.9 Å². The van der Waals surface area contributed by atoms with Gasteiger partial charge in [-0.2, -0.15) is 15.2 Å². The van der Waals surface area contributed by atoms with E-state index >= 15 is 0 Å². The minimum atomic E-state index is 0.455. The van der Waals surface area contributed by atoms with Crippen molar-refractivity contribution in [1.82, 2.24) is 24.1 Å². The first-order valence-electron chi connectivity index (χ1n) is 15.5. The Morgan fingerprint density at radius 3 is 1.90 bits per heavy atom. The van der Waals surface area contributed by atoms with E-state index in [-0.39, 0.29) is 0 Å². The Hall–Kier alpha value is -7.09. The number of aromatic nitrogens is 5. The molecule has 9 aromatic rings. The Bertz CT molecular complexity index is 2810. The second-order valence-electron chi connectivity index (χ2n) is 11.5. The average molecular weight is 614 g/mol. The molecule has 0 aliphatic rings. The van der Waals surface area contributed by atoms with Gasteiger partial charge in [0.25, 0.3) is 0 Å². The number of nitrogens with zero attached hydrogens (tertiary/aromatic N) is 7. The van der Waals surface area contributed by atoms with Crippen LogP contribution in [0.5, 0.6) is 0 Å². The van der Waals surface area contributed by atoms with Gasteiger partial charge in [-0.3, -0.25) is 4.57 Å². The Balaban J connectivity index is 1.37. The highest BCUT2D eigenvalue weighted by Crippen LogP contribution is 2.38. The zero-order chi connectivity index (χ0) is 32.2. The Kier molecular flexibility index (Phi) is 6.11. The maximum atomic E-state index is 9.80. The molecule has 0 saturated heterocycles. The van der Waals surface area contributed by atoms with E-state index in [2.05, 4.69) is 45.8 Å². The third-order valence-electron chi connectivity index (χ3n) is 8.83. The number of para-hydroxylation sites is 3. The van der Waals surface area contributed by atoms with Crippen LogP contribution in [0.25, 0.3) is 82.9 Å². The summed E-state index contributed by atoms with van der Waals surface area (Å²) in [6.07, 6.45) is 0. The van der Waals surface area contributed by atoms with Crippen LogP contribution in [0.2, 0.25) is 0 Å². The van der Waals surface area contributed by atoms with Crippen LogP contribution in [0.1, 0.15) is 5.56 Å². The molecule has 6 aromatic carbocycles. The van der Waals surface area contributed by atoms with Gasteiger partial charge in [0.05, 0.1) is 40.4 Å². The summed E-state index contributed by atoms with van der Waals surface area (Å²) < 4.78 is 4.22. The molecule has 0 bridgehead atoms. The van der Waals surface area contributed by atoms with Gasteiger partial charge < -0.3 is 4.57 Å². The second kappa shape index (κ2) is 10.8. The van der Waals surface area contributed by atoms with Crippen LogP contribution in [0.4, 0.5) is 5.69 Å². The second-order valence-corrected chi connectivity index (χ2v) is 11.5. The fraction of sp³-hybridized carbons (Fsp3) is 0.